The van der Waals surface area contributed by atoms with Crippen LogP contribution in [0.15, 0.2) is 0 Å². The smallest absolute Gasteiger partial charge is 0.227 e. The normalized spacial score (nSPS) is 51.6. The highest BCUT2D eigenvalue weighted by Crippen LogP contribution is 2.49. The van der Waals surface area contributed by atoms with Crippen molar-refractivity contribution >= 4 is 5.91 Å². The van der Waals surface area contributed by atoms with Gasteiger partial charge >= 0.3 is 0 Å². The first-order chi connectivity index (χ1) is 4.62. The molecule has 1 unspecified atom stereocenters. The summed E-state index contributed by atoms with van der Waals surface area (Å²) < 4.78 is 0. The molecule has 3 rings (SSSR count). The van der Waals surface area contributed by atoms with E-state index in [9.17, 15) is 4.79 Å². The number of piperidine rings is 2. The van der Waals surface area contributed by atoms with Crippen LogP contribution in [0.1, 0.15) is 19.8 Å². The largest absolute Gasteiger partial charge is 0.373 e. The average molecular weight is 141 g/mol. The molecule has 1 atom stereocenters. The standard InChI is InChI=1S/C7H11NO2/c1-7-2-4(3-7)5(9)8-6(7)10/h4-5,9H,2-3H2,1H3,(H,8,10). The van der Waals surface area contributed by atoms with E-state index in [1.165, 1.54) is 0 Å². The van der Waals surface area contributed by atoms with Gasteiger partial charge in [0, 0.05) is 11.3 Å². The fraction of sp³-hybridized carbons (Fsp3) is 0.857. The van der Waals surface area contributed by atoms with Crippen LogP contribution in [-0.2, 0) is 4.79 Å². The van der Waals surface area contributed by atoms with E-state index in [0.717, 1.165) is 12.8 Å². The van der Waals surface area contributed by atoms with Crippen LogP contribution in [0.2, 0.25) is 0 Å². The minimum absolute atomic E-state index is 0.0162. The quantitative estimate of drug-likeness (QED) is 0.493. The monoisotopic (exact) mass is 141 g/mol. The van der Waals surface area contributed by atoms with Crippen molar-refractivity contribution in [2.45, 2.75) is 26.0 Å². The van der Waals surface area contributed by atoms with Crippen molar-refractivity contribution in [3.63, 3.8) is 0 Å². The van der Waals surface area contributed by atoms with E-state index < -0.39 is 6.23 Å². The van der Waals surface area contributed by atoms with Crippen LogP contribution in [-0.4, -0.2) is 17.2 Å². The van der Waals surface area contributed by atoms with Crippen LogP contribution in [0.5, 0.6) is 0 Å². The average Bonchev–Trinajstić information content (AvgIpc) is 1.76. The van der Waals surface area contributed by atoms with Crippen LogP contribution in [0.3, 0.4) is 0 Å². The van der Waals surface area contributed by atoms with Gasteiger partial charge in [-0.2, -0.15) is 0 Å². The van der Waals surface area contributed by atoms with E-state index in [4.69, 9.17) is 5.11 Å². The summed E-state index contributed by atoms with van der Waals surface area (Å²) in [5.41, 5.74) is -0.149. The fourth-order valence-corrected chi connectivity index (χ4v) is 1.93. The number of nitrogens with one attached hydrogen (secondary N) is 1. The van der Waals surface area contributed by atoms with Crippen LogP contribution < -0.4 is 5.32 Å². The number of aliphatic hydroxyl groups is 1. The van der Waals surface area contributed by atoms with Gasteiger partial charge in [-0.05, 0) is 12.8 Å². The highest BCUT2D eigenvalue weighted by molar-refractivity contribution is 5.84. The summed E-state index contributed by atoms with van der Waals surface area (Å²) in [6.07, 6.45) is 1.15. The summed E-state index contributed by atoms with van der Waals surface area (Å²) in [6.45, 7) is 1.95. The van der Waals surface area contributed by atoms with Gasteiger partial charge in [-0.1, -0.05) is 6.92 Å². The number of carbonyl (C=O) groups excluding carboxylic acids is 1. The lowest BCUT2D eigenvalue weighted by atomic mass is 9.59. The lowest BCUT2D eigenvalue weighted by Gasteiger charge is -2.51. The molecule has 3 heteroatoms. The third kappa shape index (κ3) is 0.560. The lowest BCUT2D eigenvalue weighted by Crippen LogP contribution is -2.62. The molecule has 0 aromatic heterocycles. The van der Waals surface area contributed by atoms with Crippen molar-refractivity contribution in [2.24, 2.45) is 11.3 Å². The summed E-state index contributed by atoms with van der Waals surface area (Å²) in [6, 6.07) is 0. The maximum atomic E-state index is 11.1. The van der Waals surface area contributed by atoms with Gasteiger partial charge in [-0.15, -0.1) is 0 Å². The highest BCUT2D eigenvalue weighted by Gasteiger charge is 2.53. The first-order valence-electron chi connectivity index (χ1n) is 3.61. The van der Waals surface area contributed by atoms with Crippen molar-refractivity contribution in [1.29, 1.82) is 0 Å². The fourth-order valence-electron chi connectivity index (χ4n) is 1.93. The zero-order valence-corrected chi connectivity index (χ0v) is 5.92. The van der Waals surface area contributed by atoms with Gasteiger partial charge in [0.05, 0.1) is 0 Å². The molecule has 2 aliphatic heterocycles. The molecule has 2 saturated heterocycles. The minimum Gasteiger partial charge on any atom is -0.373 e. The zero-order chi connectivity index (χ0) is 7.35. The number of hydrogen-bond acceptors (Lipinski definition) is 2. The Labute approximate surface area is 59.4 Å². The molecule has 2 N–H and O–H groups in total. The maximum Gasteiger partial charge on any atom is 0.227 e. The summed E-state index contributed by atoms with van der Waals surface area (Å²) >= 11 is 0. The highest BCUT2D eigenvalue weighted by atomic mass is 16.3. The molecule has 0 aromatic rings. The third-order valence-electron chi connectivity index (χ3n) is 2.70. The molecule has 10 heavy (non-hydrogen) atoms. The Morgan fingerprint density at radius 2 is 2.30 bits per heavy atom. The van der Waals surface area contributed by atoms with Crippen LogP contribution in [0.25, 0.3) is 0 Å². The van der Waals surface area contributed by atoms with Gasteiger partial charge in [0.25, 0.3) is 0 Å². The van der Waals surface area contributed by atoms with Gasteiger partial charge in [0.2, 0.25) is 5.91 Å². The summed E-state index contributed by atoms with van der Waals surface area (Å²) in [4.78, 5) is 11.1. The van der Waals surface area contributed by atoms with Gasteiger partial charge in [-0.25, -0.2) is 0 Å². The third-order valence-corrected chi connectivity index (χ3v) is 2.70. The SMILES string of the molecule is CC12CC(C1)C(O)NC2=O. The van der Waals surface area contributed by atoms with E-state index in [1.54, 1.807) is 0 Å². The Morgan fingerprint density at radius 1 is 1.70 bits per heavy atom. The van der Waals surface area contributed by atoms with E-state index in [2.05, 4.69) is 5.32 Å². The van der Waals surface area contributed by atoms with Gasteiger partial charge in [-0.3, -0.25) is 4.79 Å². The predicted octanol–water partition coefficient (Wildman–Crippen LogP) is -0.149. The van der Waals surface area contributed by atoms with Crippen molar-refractivity contribution in [3.8, 4) is 0 Å². The topological polar surface area (TPSA) is 49.3 Å². The van der Waals surface area contributed by atoms with E-state index >= 15 is 0 Å². The number of aliphatic hydroxyl groups excluding tert-OH is 1. The molecule has 3 aliphatic rings. The zero-order valence-electron chi connectivity index (χ0n) is 5.92. The number of rotatable bonds is 0. The molecule has 3 fully saturated rings. The number of carbonyl (C=O) groups is 1. The molecule has 0 spiro atoms. The van der Waals surface area contributed by atoms with Crippen molar-refractivity contribution in [1.82, 2.24) is 5.32 Å². The van der Waals surface area contributed by atoms with Gasteiger partial charge < -0.3 is 10.4 Å². The molecular formula is C7H11NO2. The second kappa shape index (κ2) is 1.53. The van der Waals surface area contributed by atoms with Gasteiger partial charge in [0.15, 0.2) is 0 Å². The Kier molecular flexibility index (Phi) is 0.944. The van der Waals surface area contributed by atoms with E-state index in [0.29, 0.717) is 5.92 Å². The van der Waals surface area contributed by atoms with Crippen LogP contribution in [0, 0.1) is 11.3 Å². The molecule has 1 amide bonds. The van der Waals surface area contributed by atoms with E-state index in [-0.39, 0.29) is 11.3 Å². The Hall–Kier alpha value is -0.570. The first-order valence-corrected chi connectivity index (χ1v) is 3.61. The summed E-state index contributed by atoms with van der Waals surface area (Å²) in [7, 11) is 0. The minimum atomic E-state index is -0.575. The Morgan fingerprint density at radius 3 is 2.70 bits per heavy atom. The van der Waals surface area contributed by atoms with Crippen molar-refractivity contribution < 1.29 is 9.90 Å². The molecule has 1 aliphatic carbocycles. The molecule has 56 valence electrons. The molecule has 2 bridgehead atoms. The van der Waals surface area contributed by atoms with Crippen LogP contribution in [0.4, 0.5) is 0 Å². The first kappa shape index (κ1) is 6.16. The van der Waals surface area contributed by atoms with E-state index in [1.807, 2.05) is 6.92 Å². The summed E-state index contributed by atoms with van der Waals surface area (Å²) in [5.74, 6) is 0.338. The molecule has 2 heterocycles. The maximum absolute atomic E-state index is 11.1. The molecule has 0 radical (unpaired) electrons. The Balaban J connectivity index is 2.19. The van der Waals surface area contributed by atoms with Crippen molar-refractivity contribution in [2.75, 3.05) is 0 Å². The molecule has 0 aromatic carbocycles. The lowest BCUT2D eigenvalue weighted by molar-refractivity contribution is -0.161. The van der Waals surface area contributed by atoms with Crippen LogP contribution >= 0.6 is 0 Å². The molecule has 1 saturated carbocycles. The number of amides is 1. The Bertz CT molecular complexity index is 184. The van der Waals surface area contributed by atoms with Gasteiger partial charge in [0.1, 0.15) is 6.23 Å². The summed E-state index contributed by atoms with van der Waals surface area (Å²) in [5, 5.41) is 11.7. The molecular weight excluding hydrogens is 130 g/mol. The second-order valence-corrected chi connectivity index (χ2v) is 3.65. The number of hydrogen-bond donors (Lipinski definition) is 2. The number of fused-ring (bicyclic) bond motifs is 2. The molecule has 3 nitrogen and oxygen atoms in total. The predicted molar refractivity (Wildman–Crippen MR) is 35.0 cm³/mol. The van der Waals surface area contributed by atoms with Crippen molar-refractivity contribution in [3.05, 3.63) is 0 Å². The second-order valence-electron chi connectivity index (χ2n) is 3.65.